The molecule has 3 aromatic rings. The molecule has 0 N–H and O–H groups in total. The second kappa shape index (κ2) is 7.23. The summed E-state index contributed by atoms with van der Waals surface area (Å²) in [6, 6.07) is 11.3. The van der Waals surface area contributed by atoms with Crippen LogP contribution >= 0.6 is 11.3 Å². The summed E-state index contributed by atoms with van der Waals surface area (Å²) < 4.78 is 23.4. The monoisotopic (exact) mass is 343 g/mol. The highest BCUT2D eigenvalue weighted by Crippen LogP contribution is 2.25. The van der Waals surface area contributed by atoms with Crippen molar-refractivity contribution in [3.05, 3.63) is 75.6 Å². The van der Waals surface area contributed by atoms with Gasteiger partial charge in [0.05, 0.1) is 11.3 Å². The van der Waals surface area contributed by atoms with Gasteiger partial charge in [-0.25, -0.2) is 9.18 Å². The van der Waals surface area contributed by atoms with Crippen molar-refractivity contribution in [1.82, 2.24) is 5.16 Å². The number of ether oxygens (including phenoxy) is 1. The molecule has 4 nitrogen and oxygen atoms in total. The first-order chi connectivity index (χ1) is 11.6. The van der Waals surface area contributed by atoms with Crippen LogP contribution in [0.25, 0.3) is 11.6 Å². The third-order valence-corrected chi connectivity index (χ3v) is 4.11. The van der Waals surface area contributed by atoms with Crippen LogP contribution in [0.3, 0.4) is 0 Å². The molecular weight excluding hydrogens is 329 g/mol. The summed E-state index contributed by atoms with van der Waals surface area (Å²) in [5.74, 6) is -0.322. The first kappa shape index (κ1) is 16.1. The van der Waals surface area contributed by atoms with Gasteiger partial charge >= 0.3 is 5.97 Å². The van der Waals surface area contributed by atoms with Crippen LogP contribution in [0.2, 0.25) is 0 Å². The van der Waals surface area contributed by atoms with E-state index in [1.165, 1.54) is 23.5 Å². The van der Waals surface area contributed by atoms with Gasteiger partial charge in [-0.3, -0.25) is 0 Å². The Labute approximate surface area is 142 Å². The van der Waals surface area contributed by atoms with Gasteiger partial charge in [0.15, 0.2) is 12.4 Å². The number of benzene rings is 1. The van der Waals surface area contributed by atoms with Gasteiger partial charge in [0.1, 0.15) is 5.82 Å². The van der Waals surface area contributed by atoms with Crippen LogP contribution in [0.4, 0.5) is 4.39 Å². The van der Waals surface area contributed by atoms with E-state index in [2.05, 4.69) is 5.16 Å². The fraction of sp³-hybridized carbons (Fsp3) is 0.111. The quantitative estimate of drug-likeness (QED) is 0.507. The molecule has 2 heterocycles. The topological polar surface area (TPSA) is 52.3 Å². The lowest BCUT2D eigenvalue weighted by atomic mass is 10.1. The molecule has 0 aliphatic carbocycles. The molecule has 0 saturated heterocycles. The summed E-state index contributed by atoms with van der Waals surface area (Å²) in [4.78, 5) is 13.2. The van der Waals surface area contributed by atoms with Gasteiger partial charge in [0.25, 0.3) is 0 Å². The summed E-state index contributed by atoms with van der Waals surface area (Å²) in [5, 5.41) is 5.63. The van der Waals surface area contributed by atoms with Crippen LogP contribution in [0.1, 0.15) is 21.9 Å². The zero-order valence-corrected chi connectivity index (χ0v) is 13.7. The first-order valence-corrected chi connectivity index (χ1v) is 8.10. The highest BCUT2D eigenvalue weighted by atomic mass is 32.1. The normalized spacial score (nSPS) is 11.5. The minimum atomic E-state index is -0.476. The Bertz CT molecular complexity index is 851. The average molecular weight is 343 g/mol. The average Bonchev–Trinajstić information content (AvgIpc) is 3.24. The predicted octanol–water partition coefficient (Wildman–Crippen LogP) is 4.47. The minimum Gasteiger partial charge on any atom is -0.454 e. The van der Waals surface area contributed by atoms with E-state index in [1.54, 1.807) is 31.2 Å². The van der Waals surface area contributed by atoms with Gasteiger partial charge in [0, 0.05) is 10.9 Å². The van der Waals surface area contributed by atoms with Gasteiger partial charge in [-0.05, 0) is 42.1 Å². The van der Waals surface area contributed by atoms with Crippen molar-refractivity contribution in [2.45, 2.75) is 13.5 Å². The predicted molar refractivity (Wildman–Crippen MR) is 89.6 cm³/mol. The largest absolute Gasteiger partial charge is 0.454 e. The number of nitrogens with zero attached hydrogens (tertiary/aromatic N) is 1. The van der Waals surface area contributed by atoms with E-state index in [-0.39, 0.29) is 12.4 Å². The van der Waals surface area contributed by atoms with Gasteiger partial charge in [-0.2, -0.15) is 0 Å². The summed E-state index contributed by atoms with van der Waals surface area (Å²) in [5.41, 5.74) is 1.85. The Morgan fingerprint density at radius 1 is 1.33 bits per heavy atom. The van der Waals surface area contributed by atoms with E-state index < -0.39 is 5.97 Å². The number of hydrogen-bond acceptors (Lipinski definition) is 5. The van der Waals surface area contributed by atoms with Crippen LogP contribution in [-0.4, -0.2) is 11.1 Å². The van der Waals surface area contributed by atoms with Crippen molar-refractivity contribution in [1.29, 1.82) is 0 Å². The van der Waals surface area contributed by atoms with Crippen molar-refractivity contribution >= 4 is 29.0 Å². The molecule has 24 heavy (non-hydrogen) atoms. The molecule has 0 unspecified atom stereocenters. The number of hydrogen-bond donors (Lipinski definition) is 0. The molecule has 0 atom stereocenters. The van der Waals surface area contributed by atoms with Crippen molar-refractivity contribution < 1.29 is 18.4 Å². The summed E-state index contributed by atoms with van der Waals surface area (Å²) in [6.07, 6.45) is 1.68. The zero-order chi connectivity index (χ0) is 16.9. The number of rotatable bonds is 5. The Balaban J connectivity index is 1.82. The third-order valence-electron chi connectivity index (χ3n) is 3.21. The number of aryl methyl sites for hydroxylation is 1. The van der Waals surface area contributed by atoms with Crippen LogP contribution in [0.15, 0.2) is 52.4 Å². The molecule has 0 aliphatic heterocycles. The summed E-state index contributed by atoms with van der Waals surface area (Å²) in [7, 11) is 0. The molecule has 0 fully saturated rings. The van der Waals surface area contributed by atoms with Crippen LogP contribution in [0.5, 0.6) is 0 Å². The standard InChI is InChI=1S/C18H14FNO3S/c1-12-9-15(23-20-12)11-22-18(21)16(17-3-2-8-24-17)10-13-4-6-14(19)7-5-13/h2-10H,11H2,1H3/b16-10+. The highest BCUT2D eigenvalue weighted by Gasteiger charge is 2.16. The molecule has 0 amide bonds. The molecular formula is C18H14FNO3S. The van der Waals surface area contributed by atoms with E-state index >= 15 is 0 Å². The third kappa shape index (κ3) is 3.97. The second-order valence-electron chi connectivity index (χ2n) is 5.10. The molecule has 0 radical (unpaired) electrons. The van der Waals surface area contributed by atoms with Gasteiger partial charge < -0.3 is 9.26 Å². The maximum absolute atomic E-state index is 13.0. The van der Waals surface area contributed by atoms with E-state index in [1.807, 2.05) is 17.5 Å². The van der Waals surface area contributed by atoms with E-state index in [0.29, 0.717) is 16.9 Å². The summed E-state index contributed by atoms with van der Waals surface area (Å²) in [6.45, 7) is 1.80. The van der Waals surface area contributed by atoms with Crippen molar-refractivity contribution in [2.24, 2.45) is 0 Å². The van der Waals surface area contributed by atoms with Gasteiger partial charge in [-0.15, -0.1) is 11.3 Å². The van der Waals surface area contributed by atoms with Crippen LogP contribution < -0.4 is 0 Å². The van der Waals surface area contributed by atoms with E-state index in [4.69, 9.17) is 9.26 Å². The lowest BCUT2D eigenvalue weighted by molar-refractivity contribution is -0.138. The number of thiophene rings is 1. The number of carbonyl (C=O) groups is 1. The number of carbonyl (C=O) groups excluding carboxylic acids is 1. The molecule has 3 rings (SSSR count). The maximum Gasteiger partial charge on any atom is 0.340 e. The minimum absolute atomic E-state index is 0.00576. The molecule has 0 saturated carbocycles. The molecule has 0 aliphatic rings. The van der Waals surface area contributed by atoms with Gasteiger partial charge in [-0.1, -0.05) is 23.4 Å². The lowest BCUT2D eigenvalue weighted by Gasteiger charge is -2.06. The molecule has 0 bridgehead atoms. The lowest BCUT2D eigenvalue weighted by Crippen LogP contribution is -2.06. The summed E-state index contributed by atoms with van der Waals surface area (Å²) >= 11 is 1.43. The van der Waals surface area contributed by atoms with E-state index in [9.17, 15) is 9.18 Å². The molecule has 1 aromatic carbocycles. The fourth-order valence-electron chi connectivity index (χ4n) is 2.09. The second-order valence-corrected chi connectivity index (χ2v) is 6.05. The van der Waals surface area contributed by atoms with E-state index in [0.717, 1.165) is 10.6 Å². The molecule has 0 spiro atoms. The zero-order valence-electron chi connectivity index (χ0n) is 12.9. The van der Waals surface area contributed by atoms with Crippen LogP contribution in [0, 0.1) is 12.7 Å². The Kier molecular flexibility index (Phi) is 4.86. The number of esters is 1. The molecule has 6 heteroatoms. The van der Waals surface area contributed by atoms with Crippen molar-refractivity contribution in [2.75, 3.05) is 0 Å². The van der Waals surface area contributed by atoms with Gasteiger partial charge in [0.2, 0.25) is 0 Å². The van der Waals surface area contributed by atoms with Crippen molar-refractivity contribution in [3.63, 3.8) is 0 Å². The highest BCUT2D eigenvalue weighted by molar-refractivity contribution is 7.11. The van der Waals surface area contributed by atoms with Crippen molar-refractivity contribution in [3.8, 4) is 0 Å². The molecule has 122 valence electrons. The first-order valence-electron chi connectivity index (χ1n) is 7.22. The SMILES string of the molecule is Cc1cc(COC(=O)/C(=C/c2ccc(F)cc2)c2cccs2)on1. The van der Waals surface area contributed by atoms with Crippen LogP contribution in [-0.2, 0) is 16.1 Å². The smallest absolute Gasteiger partial charge is 0.340 e. The number of halogens is 1. The fourth-order valence-corrected chi connectivity index (χ4v) is 2.82. The Morgan fingerprint density at radius 3 is 2.75 bits per heavy atom. The Morgan fingerprint density at radius 2 is 2.12 bits per heavy atom. The Hall–Kier alpha value is -2.73. The number of aromatic nitrogens is 1. The maximum atomic E-state index is 13.0. The molecule has 2 aromatic heterocycles.